The number of hydrogen-bond acceptors (Lipinski definition) is 7. The Balaban J connectivity index is 0.916. The molecule has 3 aromatic rings. The van der Waals surface area contributed by atoms with Crippen molar-refractivity contribution in [3.05, 3.63) is 92.3 Å². The van der Waals surface area contributed by atoms with Gasteiger partial charge in [-0.05, 0) is 67.5 Å². The first-order chi connectivity index (χ1) is 20.8. The third kappa shape index (κ3) is 8.36. The minimum atomic E-state index is -0.633. The highest BCUT2D eigenvalue weighted by Gasteiger charge is 2.33. The van der Waals surface area contributed by atoms with Crippen LogP contribution in [0.25, 0.3) is 5.69 Å². The van der Waals surface area contributed by atoms with E-state index < -0.39 is 17.0 Å². The summed E-state index contributed by atoms with van der Waals surface area (Å²) in [6.45, 7) is 6.97. The second-order valence-corrected chi connectivity index (χ2v) is 11.6. The average Bonchev–Trinajstić information content (AvgIpc) is 3.35. The minimum Gasteiger partial charge on any atom is -0.463 e. The van der Waals surface area contributed by atoms with Gasteiger partial charge in [0.1, 0.15) is 11.9 Å². The Kier molecular flexibility index (Phi) is 9.99. The molecular weight excluding hydrogens is 550 g/mol. The number of hydrogen-bond donors (Lipinski definition) is 1. The van der Waals surface area contributed by atoms with Crippen molar-refractivity contribution in [3.8, 4) is 11.4 Å². The molecule has 5 rings (SSSR count). The minimum absolute atomic E-state index is 0.253. The van der Waals surface area contributed by atoms with Gasteiger partial charge in [0.25, 0.3) is 5.56 Å². The van der Waals surface area contributed by atoms with Gasteiger partial charge in [-0.3, -0.25) is 14.3 Å². The largest absolute Gasteiger partial charge is 0.463 e. The first-order valence-corrected chi connectivity index (χ1v) is 15.2. The summed E-state index contributed by atoms with van der Waals surface area (Å²) in [6.07, 6.45) is 7.84. The Morgan fingerprint density at radius 2 is 1.77 bits per heavy atom. The lowest BCUT2D eigenvalue weighted by atomic mass is 10.0. The van der Waals surface area contributed by atoms with E-state index in [-0.39, 0.29) is 12.2 Å². The lowest BCUT2D eigenvalue weighted by Gasteiger charge is -2.32. The van der Waals surface area contributed by atoms with Gasteiger partial charge in [-0.1, -0.05) is 31.0 Å². The van der Waals surface area contributed by atoms with Crippen LogP contribution in [0.3, 0.4) is 0 Å². The van der Waals surface area contributed by atoms with Gasteiger partial charge < -0.3 is 23.8 Å². The Bertz CT molecular complexity index is 1510. The SMILES string of the molecule is CC1(C)OCc2cc([C@@H]3CN(CCCCCCOCCCCc4cccc(-n5ccc(=O)[nH]c5=O)c4)C(=O)O3)ccc2O1. The lowest BCUT2D eigenvalue weighted by molar-refractivity contribution is -0.180. The summed E-state index contributed by atoms with van der Waals surface area (Å²) >= 11 is 0. The van der Waals surface area contributed by atoms with Crippen molar-refractivity contribution in [1.29, 1.82) is 0 Å². The first kappa shape index (κ1) is 30.6. The van der Waals surface area contributed by atoms with Crippen LogP contribution in [-0.2, 0) is 27.2 Å². The Morgan fingerprint density at radius 3 is 2.60 bits per heavy atom. The topological polar surface area (TPSA) is 112 Å². The number of carbonyl (C=O) groups is 1. The number of nitrogens with zero attached hydrogens (tertiary/aromatic N) is 2. The highest BCUT2D eigenvalue weighted by molar-refractivity contribution is 5.70. The van der Waals surface area contributed by atoms with E-state index >= 15 is 0 Å². The number of cyclic esters (lactones) is 1. The molecule has 43 heavy (non-hydrogen) atoms. The second-order valence-electron chi connectivity index (χ2n) is 11.6. The van der Waals surface area contributed by atoms with Crippen LogP contribution in [0.5, 0.6) is 5.75 Å². The molecule has 0 aliphatic carbocycles. The number of benzene rings is 2. The van der Waals surface area contributed by atoms with E-state index in [0.29, 0.717) is 19.7 Å². The first-order valence-electron chi connectivity index (χ1n) is 15.2. The Hall–Kier alpha value is -3.89. The highest BCUT2D eigenvalue weighted by Crippen LogP contribution is 2.35. The van der Waals surface area contributed by atoms with Crippen molar-refractivity contribution in [3.63, 3.8) is 0 Å². The molecular formula is C33H41N3O7. The molecule has 1 fully saturated rings. The van der Waals surface area contributed by atoms with Crippen LogP contribution < -0.4 is 16.0 Å². The van der Waals surface area contributed by atoms with Crippen molar-refractivity contribution in [2.45, 2.75) is 77.3 Å². The van der Waals surface area contributed by atoms with Gasteiger partial charge in [0.15, 0.2) is 0 Å². The van der Waals surface area contributed by atoms with Crippen LogP contribution in [0, 0.1) is 0 Å². The summed E-state index contributed by atoms with van der Waals surface area (Å²) in [6, 6.07) is 15.1. The molecule has 10 heteroatoms. The third-order valence-electron chi connectivity index (χ3n) is 7.76. The number of nitrogens with one attached hydrogen (secondary N) is 1. The summed E-state index contributed by atoms with van der Waals surface area (Å²) < 4.78 is 24.5. The summed E-state index contributed by atoms with van der Waals surface area (Å²) in [5.74, 6) is 0.183. The second kappa shape index (κ2) is 14.1. The van der Waals surface area contributed by atoms with Crippen LogP contribution in [-0.4, -0.2) is 52.6 Å². The van der Waals surface area contributed by atoms with E-state index in [1.807, 2.05) is 56.3 Å². The maximum atomic E-state index is 12.4. The number of carbonyl (C=O) groups excluding carboxylic acids is 1. The number of fused-ring (bicyclic) bond motifs is 1. The van der Waals surface area contributed by atoms with Crippen LogP contribution in [0.1, 0.15) is 75.2 Å². The van der Waals surface area contributed by atoms with Crippen LogP contribution >= 0.6 is 0 Å². The standard InChI is InChI=1S/C33H41N3O7/c1-33(2)41-23-26-21-25(13-14-28(26)43-33)29-22-35(32(39)42-29)16-6-3-4-7-18-40-19-8-5-10-24-11-9-12-27(20-24)36-17-15-30(37)34-31(36)38/h9,11-15,17,20-21,29H,3-8,10,16,18-19,22-23H2,1-2H3,(H,34,37,38)/t29-/m0/s1. The average molecular weight is 592 g/mol. The van der Waals surface area contributed by atoms with Crippen molar-refractivity contribution >= 4 is 6.09 Å². The van der Waals surface area contributed by atoms with Crippen molar-refractivity contribution in [1.82, 2.24) is 14.5 Å². The van der Waals surface area contributed by atoms with E-state index in [1.54, 1.807) is 4.90 Å². The molecule has 10 nitrogen and oxygen atoms in total. The molecule has 2 aromatic carbocycles. The maximum Gasteiger partial charge on any atom is 0.410 e. The zero-order valence-electron chi connectivity index (χ0n) is 25.0. The number of rotatable bonds is 14. The van der Waals surface area contributed by atoms with Crippen LogP contribution in [0.15, 0.2) is 64.3 Å². The molecule has 0 bridgehead atoms. The quantitative estimate of drug-likeness (QED) is 0.255. The molecule has 1 N–H and O–H groups in total. The normalized spacial score (nSPS) is 17.4. The van der Waals surface area contributed by atoms with E-state index in [2.05, 4.69) is 4.98 Å². The van der Waals surface area contributed by atoms with Gasteiger partial charge in [-0.2, -0.15) is 0 Å². The molecule has 3 heterocycles. The number of unbranched alkanes of at least 4 members (excludes halogenated alkanes) is 4. The molecule has 1 saturated heterocycles. The predicted molar refractivity (Wildman–Crippen MR) is 162 cm³/mol. The monoisotopic (exact) mass is 591 g/mol. The van der Waals surface area contributed by atoms with Gasteiger partial charge in [0.05, 0.1) is 18.8 Å². The van der Waals surface area contributed by atoms with E-state index in [1.165, 1.54) is 16.8 Å². The van der Waals surface area contributed by atoms with Crippen molar-refractivity contribution in [2.24, 2.45) is 0 Å². The fourth-order valence-electron chi connectivity index (χ4n) is 5.40. The number of aromatic amines is 1. The van der Waals surface area contributed by atoms with E-state index in [0.717, 1.165) is 86.3 Å². The van der Waals surface area contributed by atoms with Gasteiger partial charge in [-0.15, -0.1) is 0 Å². The zero-order chi connectivity index (χ0) is 30.2. The molecule has 0 unspecified atom stereocenters. The predicted octanol–water partition coefficient (Wildman–Crippen LogP) is 5.26. The van der Waals surface area contributed by atoms with Crippen molar-refractivity contribution < 1.29 is 23.7 Å². The van der Waals surface area contributed by atoms with Gasteiger partial charge in [0.2, 0.25) is 5.79 Å². The van der Waals surface area contributed by atoms with Crippen LogP contribution in [0.4, 0.5) is 4.79 Å². The van der Waals surface area contributed by atoms with E-state index in [9.17, 15) is 14.4 Å². The fraction of sp³-hybridized carbons (Fsp3) is 0.485. The third-order valence-corrected chi connectivity index (χ3v) is 7.76. The molecule has 2 aliphatic heterocycles. The smallest absolute Gasteiger partial charge is 0.410 e. The van der Waals surface area contributed by atoms with E-state index in [4.69, 9.17) is 18.9 Å². The summed E-state index contributed by atoms with van der Waals surface area (Å²) in [4.78, 5) is 39.9. The van der Waals surface area contributed by atoms with Crippen LogP contribution in [0.2, 0.25) is 0 Å². The summed E-state index contributed by atoms with van der Waals surface area (Å²) in [7, 11) is 0. The molecule has 0 radical (unpaired) electrons. The number of aromatic nitrogens is 2. The molecule has 2 aliphatic rings. The number of H-pyrrole nitrogens is 1. The maximum absolute atomic E-state index is 12.4. The Labute approximate surface area is 251 Å². The molecule has 230 valence electrons. The zero-order valence-corrected chi connectivity index (χ0v) is 25.0. The number of ether oxygens (including phenoxy) is 4. The summed E-state index contributed by atoms with van der Waals surface area (Å²) in [5, 5.41) is 0. The summed E-state index contributed by atoms with van der Waals surface area (Å²) in [5.41, 5.74) is 2.97. The number of aryl methyl sites for hydroxylation is 1. The fourth-order valence-corrected chi connectivity index (χ4v) is 5.40. The number of amides is 1. The Morgan fingerprint density at radius 1 is 0.953 bits per heavy atom. The molecule has 0 saturated carbocycles. The van der Waals surface area contributed by atoms with Crippen molar-refractivity contribution in [2.75, 3.05) is 26.3 Å². The molecule has 1 aromatic heterocycles. The molecule has 1 atom stereocenters. The lowest BCUT2D eigenvalue weighted by Crippen LogP contribution is -2.35. The van der Waals surface area contributed by atoms with Gasteiger partial charge >= 0.3 is 11.8 Å². The highest BCUT2D eigenvalue weighted by atomic mass is 16.7. The molecule has 0 spiro atoms. The van der Waals surface area contributed by atoms with Gasteiger partial charge in [0, 0.05) is 51.4 Å². The van der Waals surface area contributed by atoms with Gasteiger partial charge in [-0.25, -0.2) is 9.59 Å². The molecule has 1 amide bonds.